The number of anilines is 1. The van der Waals surface area contributed by atoms with Crippen molar-refractivity contribution in [3.05, 3.63) is 29.1 Å². The molecule has 1 aromatic rings. The molecule has 0 saturated heterocycles. The number of aliphatic hydroxyl groups excluding tert-OH is 1. The first-order valence-corrected chi connectivity index (χ1v) is 6.53. The van der Waals surface area contributed by atoms with Crippen LogP contribution in [0.25, 0.3) is 0 Å². The van der Waals surface area contributed by atoms with Crippen molar-refractivity contribution >= 4 is 11.6 Å². The summed E-state index contributed by atoms with van der Waals surface area (Å²) in [6, 6.07) is 2.38. The molecule has 4 nitrogen and oxygen atoms in total. The van der Waals surface area contributed by atoms with Crippen LogP contribution in [-0.4, -0.2) is 23.2 Å². The second kappa shape index (κ2) is 5.57. The number of aliphatic hydroxyl groups is 1. The molecule has 0 aliphatic heterocycles. The lowest BCUT2D eigenvalue weighted by Crippen LogP contribution is -2.45. The molecule has 1 aliphatic carbocycles. The second-order valence-corrected chi connectivity index (χ2v) is 5.10. The van der Waals surface area contributed by atoms with Crippen LogP contribution in [0.1, 0.15) is 41.6 Å². The van der Waals surface area contributed by atoms with Crippen LogP contribution >= 0.6 is 0 Å². The zero-order chi connectivity index (χ0) is 14.0. The number of carbonyl (C=O) groups excluding carboxylic acids is 1. The maximum atomic E-state index is 13.5. The van der Waals surface area contributed by atoms with Gasteiger partial charge in [-0.05, 0) is 31.9 Å². The molecular weight excluding hydrogens is 247 g/mol. The Morgan fingerprint density at radius 2 is 2.11 bits per heavy atom. The first kappa shape index (κ1) is 13.8. The van der Waals surface area contributed by atoms with Gasteiger partial charge in [0.05, 0.1) is 12.1 Å². The summed E-state index contributed by atoms with van der Waals surface area (Å²) in [5.41, 5.74) is 6.44. The van der Waals surface area contributed by atoms with Crippen molar-refractivity contribution in [3.63, 3.8) is 0 Å². The minimum atomic E-state index is -0.523. The van der Waals surface area contributed by atoms with Gasteiger partial charge in [0, 0.05) is 16.8 Å². The van der Waals surface area contributed by atoms with Crippen LogP contribution in [0.4, 0.5) is 10.1 Å². The van der Waals surface area contributed by atoms with Crippen LogP contribution in [0, 0.1) is 12.7 Å². The highest BCUT2D eigenvalue weighted by atomic mass is 19.1. The number of halogens is 1. The smallest absolute Gasteiger partial charge is 0.251 e. The third kappa shape index (κ3) is 3.04. The van der Waals surface area contributed by atoms with Gasteiger partial charge in [-0.1, -0.05) is 12.8 Å². The molecule has 1 fully saturated rings. The molecule has 0 heterocycles. The van der Waals surface area contributed by atoms with E-state index in [0.717, 1.165) is 19.3 Å². The second-order valence-electron chi connectivity index (χ2n) is 5.10. The first-order valence-electron chi connectivity index (χ1n) is 6.53. The number of hydrogen-bond donors (Lipinski definition) is 3. The van der Waals surface area contributed by atoms with Crippen molar-refractivity contribution in [2.45, 2.75) is 44.8 Å². The monoisotopic (exact) mass is 266 g/mol. The van der Waals surface area contributed by atoms with E-state index < -0.39 is 17.8 Å². The number of hydrogen-bond acceptors (Lipinski definition) is 3. The largest absolute Gasteiger partial charge is 0.398 e. The minimum absolute atomic E-state index is 0.193. The van der Waals surface area contributed by atoms with Gasteiger partial charge in [0.1, 0.15) is 5.82 Å². The van der Waals surface area contributed by atoms with E-state index in [1.165, 1.54) is 12.1 Å². The molecule has 19 heavy (non-hydrogen) atoms. The maximum absolute atomic E-state index is 13.5. The molecule has 0 unspecified atom stereocenters. The summed E-state index contributed by atoms with van der Waals surface area (Å²) in [4.78, 5) is 12.0. The van der Waals surface area contributed by atoms with Crippen LogP contribution in [0.5, 0.6) is 0 Å². The van der Waals surface area contributed by atoms with Gasteiger partial charge >= 0.3 is 0 Å². The van der Waals surface area contributed by atoms with Gasteiger partial charge in [-0.2, -0.15) is 0 Å². The molecular formula is C14H19FN2O2. The third-order valence-corrected chi connectivity index (χ3v) is 3.69. The first-order chi connectivity index (χ1) is 8.99. The van der Waals surface area contributed by atoms with E-state index in [4.69, 9.17) is 5.73 Å². The van der Waals surface area contributed by atoms with E-state index in [9.17, 15) is 14.3 Å². The zero-order valence-corrected chi connectivity index (χ0v) is 10.9. The highest BCUT2D eigenvalue weighted by Crippen LogP contribution is 2.20. The molecule has 0 bridgehead atoms. The Hall–Kier alpha value is -1.62. The van der Waals surface area contributed by atoms with Gasteiger partial charge in [0.2, 0.25) is 0 Å². The van der Waals surface area contributed by atoms with Crippen molar-refractivity contribution in [1.29, 1.82) is 0 Å². The Balaban J connectivity index is 2.11. The summed E-state index contributed by atoms with van der Waals surface area (Å²) < 4.78 is 13.5. The van der Waals surface area contributed by atoms with E-state index in [0.29, 0.717) is 12.0 Å². The average Bonchev–Trinajstić information content (AvgIpc) is 2.38. The van der Waals surface area contributed by atoms with Crippen LogP contribution in [0.2, 0.25) is 0 Å². The average molecular weight is 266 g/mol. The molecule has 0 radical (unpaired) electrons. The summed E-state index contributed by atoms with van der Waals surface area (Å²) in [5, 5.41) is 12.6. The van der Waals surface area contributed by atoms with Crippen molar-refractivity contribution in [2.75, 3.05) is 5.73 Å². The topological polar surface area (TPSA) is 75.4 Å². The van der Waals surface area contributed by atoms with Crippen molar-refractivity contribution in [2.24, 2.45) is 0 Å². The molecule has 1 aliphatic rings. The number of rotatable bonds is 2. The van der Waals surface area contributed by atoms with Crippen LogP contribution in [-0.2, 0) is 0 Å². The van der Waals surface area contributed by atoms with Crippen LogP contribution in [0.15, 0.2) is 12.1 Å². The normalized spacial score (nSPS) is 23.1. The van der Waals surface area contributed by atoms with Gasteiger partial charge in [-0.25, -0.2) is 4.39 Å². The molecule has 0 spiro atoms. The third-order valence-electron chi connectivity index (χ3n) is 3.69. The van der Waals surface area contributed by atoms with Gasteiger partial charge < -0.3 is 16.2 Å². The van der Waals surface area contributed by atoms with E-state index in [1.807, 2.05) is 0 Å². The zero-order valence-electron chi connectivity index (χ0n) is 10.9. The molecule has 0 aromatic heterocycles. The highest BCUT2D eigenvalue weighted by molar-refractivity contribution is 5.95. The van der Waals surface area contributed by atoms with E-state index >= 15 is 0 Å². The Morgan fingerprint density at radius 1 is 1.42 bits per heavy atom. The molecule has 1 aromatic carbocycles. The summed E-state index contributed by atoms with van der Waals surface area (Å²) >= 11 is 0. The summed E-state index contributed by atoms with van der Waals surface area (Å²) in [5.74, 6) is -0.883. The van der Waals surface area contributed by atoms with Gasteiger partial charge in [0.25, 0.3) is 5.91 Å². The van der Waals surface area contributed by atoms with Gasteiger partial charge in [-0.15, -0.1) is 0 Å². The van der Waals surface area contributed by atoms with Crippen molar-refractivity contribution < 1.29 is 14.3 Å². The van der Waals surface area contributed by atoms with Crippen molar-refractivity contribution in [3.8, 4) is 0 Å². The molecule has 1 amide bonds. The van der Waals surface area contributed by atoms with E-state index in [1.54, 1.807) is 6.92 Å². The fourth-order valence-corrected chi connectivity index (χ4v) is 2.36. The number of nitrogens with two attached hydrogens (primary N) is 1. The molecule has 2 atom stereocenters. The highest BCUT2D eigenvalue weighted by Gasteiger charge is 2.25. The van der Waals surface area contributed by atoms with Crippen molar-refractivity contribution in [1.82, 2.24) is 5.32 Å². The molecule has 4 N–H and O–H groups in total. The Bertz CT molecular complexity index is 467. The fraction of sp³-hybridized carbons (Fsp3) is 0.500. The number of nitrogen functional groups attached to an aromatic ring is 1. The Labute approximate surface area is 111 Å². The van der Waals surface area contributed by atoms with E-state index in [-0.39, 0.29) is 17.3 Å². The molecule has 104 valence electrons. The van der Waals surface area contributed by atoms with Crippen LogP contribution < -0.4 is 11.1 Å². The maximum Gasteiger partial charge on any atom is 0.251 e. The lowest BCUT2D eigenvalue weighted by molar-refractivity contribution is 0.0717. The fourth-order valence-electron chi connectivity index (χ4n) is 2.36. The predicted octanol–water partition coefficient (Wildman–Crippen LogP) is 1.75. The number of nitrogens with one attached hydrogen (secondary N) is 1. The molecule has 1 saturated carbocycles. The summed E-state index contributed by atoms with van der Waals surface area (Å²) in [7, 11) is 0. The number of benzene rings is 1. The van der Waals surface area contributed by atoms with E-state index in [2.05, 4.69) is 5.32 Å². The number of carbonyl (C=O) groups is 1. The molecule has 5 heteroatoms. The summed E-state index contributed by atoms with van der Waals surface area (Å²) in [6.45, 7) is 1.57. The number of amides is 1. The predicted molar refractivity (Wildman–Crippen MR) is 71.3 cm³/mol. The lowest BCUT2D eigenvalue weighted by Gasteiger charge is -2.28. The van der Waals surface area contributed by atoms with Gasteiger partial charge in [0.15, 0.2) is 0 Å². The Kier molecular flexibility index (Phi) is 4.04. The minimum Gasteiger partial charge on any atom is -0.398 e. The quantitative estimate of drug-likeness (QED) is 0.714. The Morgan fingerprint density at radius 3 is 2.74 bits per heavy atom. The lowest BCUT2D eigenvalue weighted by atomic mass is 9.92. The van der Waals surface area contributed by atoms with Gasteiger partial charge in [-0.3, -0.25) is 4.79 Å². The standard InChI is InChI=1S/C14H19FN2O2/c1-8-10(15)6-9(7-11(8)16)14(19)17-12-4-2-3-5-13(12)18/h6-7,12-13,18H,2-5,16H2,1H3,(H,17,19)/t12-,13-/m1/s1. The van der Waals surface area contributed by atoms with Crippen LogP contribution in [0.3, 0.4) is 0 Å². The summed E-state index contributed by atoms with van der Waals surface area (Å²) in [6.07, 6.45) is 2.86. The molecule has 2 rings (SSSR count). The SMILES string of the molecule is Cc1c(N)cc(C(=O)N[C@@H]2CCCC[C@H]2O)cc1F.